The highest BCUT2D eigenvalue weighted by Crippen LogP contribution is 2.31. The highest BCUT2D eigenvalue weighted by Gasteiger charge is 2.18. The minimum absolute atomic E-state index is 0.357. The van der Waals surface area contributed by atoms with Gasteiger partial charge in [-0.2, -0.15) is 0 Å². The second kappa shape index (κ2) is 5.54. The molecule has 4 nitrogen and oxygen atoms in total. The van der Waals surface area contributed by atoms with Crippen molar-refractivity contribution in [3.63, 3.8) is 0 Å². The number of nitrogens with two attached hydrogens (primary N) is 2. The Morgan fingerprint density at radius 1 is 1.17 bits per heavy atom. The van der Waals surface area contributed by atoms with Crippen molar-refractivity contribution in [2.24, 2.45) is 5.84 Å². The van der Waals surface area contributed by atoms with Crippen LogP contribution in [0.1, 0.15) is 17.2 Å². The molecule has 0 aliphatic carbocycles. The number of anilines is 1. The fraction of sp³-hybridized carbons (Fsp3) is 0.0833. The van der Waals surface area contributed by atoms with Crippen LogP contribution in [0.3, 0.4) is 0 Å². The summed E-state index contributed by atoms with van der Waals surface area (Å²) in [5, 5.41) is 1.09. The van der Waals surface area contributed by atoms with E-state index in [-0.39, 0.29) is 6.04 Å². The SMILES string of the molecule is NNC(c1ccccc1Cl)c1cc(Cl)cnc1N. The highest BCUT2D eigenvalue weighted by molar-refractivity contribution is 6.31. The molecular formula is C12H12Cl2N4. The summed E-state index contributed by atoms with van der Waals surface area (Å²) in [7, 11) is 0. The number of pyridine rings is 1. The Kier molecular flexibility index (Phi) is 4.04. The van der Waals surface area contributed by atoms with Crippen molar-refractivity contribution in [1.29, 1.82) is 0 Å². The van der Waals surface area contributed by atoms with Gasteiger partial charge >= 0.3 is 0 Å². The number of nitrogens with one attached hydrogen (secondary N) is 1. The van der Waals surface area contributed by atoms with Gasteiger partial charge in [0.1, 0.15) is 5.82 Å². The van der Waals surface area contributed by atoms with Crippen molar-refractivity contribution in [3.05, 3.63) is 57.7 Å². The molecule has 0 amide bonds. The molecule has 0 saturated heterocycles. The first-order valence-corrected chi connectivity index (χ1v) is 6.00. The van der Waals surface area contributed by atoms with Crippen LogP contribution in [0.4, 0.5) is 5.82 Å². The molecule has 1 aromatic carbocycles. The highest BCUT2D eigenvalue weighted by atomic mass is 35.5. The quantitative estimate of drug-likeness (QED) is 0.597. The average Bonchev–Trinajstić information content (AvgIpc) is 2.36. The molecule has 2 rings (SSSR count). The number of hydrogen-bond donors (Lipinski definition) is 3. The largest absolute Gasteiger partial charge is 0.383 e. The molecule has 0 radical (unpaired) electrons. The van der Waals surface area contributed by atoms with E-state index in [1.165, 1.54) is 6.20 Å². The van der Waals surface area contributed by atoms with Crippen LogP contribution in [-0.4, -0.2) is 4.98 Å². The number of halogens is 2. The Morgan fingerprint density at radius 3 is 2.56 bits per heavy atom. The summed E-state index contributed by atoms with van der Waals surface area (Å²) in [6, 6.07) is 8.74. The van der Waals surface area contributed by atoms with Crippen molar-refractivity contribution < 1.29 is 0 Å². The van der Waals surface area contributed by atoms with Crippen LogP contribution in [0, 0.1) is 0 Å². The van der Waals surface area contributed by atoms with Crippen molar-refractivity contribution in [3.8, 4) is 0 Å². The molecule has 0 aliphatic rings. The van der Waals surface area contributed by atoms with Gasteiger partial charge in [-0.3, -0.25) is 5.84 Å². The molecule has 0 aliphatic heterocycles. The van der Waals surface area contributed by atoms with E-state index >= 15 is 0 Å². The average molecular weight is 283 g/mol. The molecule has 0 bridgehead atoms. The summed E-state index contributed by atoms with van der Waals surface area (Å²) in [6.45, 7) is 0. The van der Waals surface area contributed by atoms with Crippen molar-refractivity contribution in [2.45, 2.75) is 6.04 Å². The number of hydrogen-bond acceptors (Lipinski definition) is 4. The zero-order valence-electron chi connectivity index (χ0n) is 9.40. The first-order valence-electron chi connectivity index (χ1n) is 5.25. The van der Waals surface area contributed by atoms with E-state index in [0.717, 1.165) is 5.56 Å². The molecule has 5 N–H and O–H groups in total. The van der Waals surface area contributed by atoms with E-state index in [1.54, 1.807) is 12.1 Å². The number of hydrazine groups is 1. The van der Waals surface area contributed by atoms with Gasteiger partial charge in [0.25, 0.3) is 0 Å². The summed E-state index contributed by atoms with van der Waals surface area (Å²) in [5.41, 5.74) is 10.0. The van der Waals surface area contributed by atoms with Gasteiger partial charge in [-0.1, -0.05) is 41.4 Å². The molecule has 1 atom stereocenters. The smallest absolute Gasteiger partial charge is 0.128 e. The molecular weight excluding hydrogens is 271 g/mol. The maximum Gasteiger partial charge on any atom is 0.128 e. The molecule has 18 heavy (non-hydrogen) atoms. The molecule has 0 fully saturated rings. The number of nitrogens with zero attached hydrogens (tertiary/aromatic N) is 1. The lowest BCUT2D eigenvalue weighted by molar-refractivity contribution is 0.637. The Labute approximate surface area is 115 Å². The monoisotopic (exact) mass is 282 g/mol. The zero-order valence-corrected chi connectivity index (χ0v) is 10.9. The summed E-state index contributed by atoms with van der Waals surface area (Å²) < 4.78 is 0. The first-order chi connectivity index (χ1) is 8.63. The minimum Gasteiger partial charge on any atom is -0.383 e. The molecule has 1 aromatic heterocycles. The molecule has 0 spiro atoms. The molecule has 0 saturated carbocycles. The molecule has 2 aromatic rings. The summed E-state index contributed by atoms with van der Waals surface area (Å²) in [4.78, 5) is 4.01. The third-order valence-electron chi connectivity index (χ3n) is 2.61. The minimum atomic E-state index is -0.357. The Morgan fingerprint density at radius 2 is 1.89 bits per heavy atom. The van der Waals surface area contributed by atoms with Crippen LogP contribution in [0.15, 0.2) is 36.5 Å². The second-order valence-electron chi connectivity index (χ2n) is 3.75. The first kappa shape index (κ1) is 13.1. The Hall–Kier alpha value is -1.33. The van der Waals surface area contributed by atoms with Crippen molar-refractivity contribution >= 4 is 29.0 Å². The lowest BCUT2D eigenvalue weighted by Gasteiger charge is -2.19. The Bertz CT molecular complexity index is 560. The zero-order chi connectivity index (χ0) is 13.1. The van der Waals surface area contributed by atoms with Crippen LogP contribution in [0.2, 0.25) is 10.0 Å². The maximum absolute atomic E-state index is 6.15. The standard InChI is InChI=1S/C12H12Cl2N4/c13-7-5-9(12(15)17-6-7)11(18-16)8-3-1-2-4-10(8)14/h1-6,11,18H,16H2,(H2,15,17). The van der Waals surface area contributed by atoms with Gasteiger partial charge in [-0.05, 0) is 17.7 Å². The van der Waals surface area contributed by atoms with Crippen LogP contribution in [0.25, 0.3) is 0 Å². The molecule has 94 valence electrons. The predicted octanol–water partition coefficient (Wildman–Crippen LogP) is 2.52. The molecule has 6 heteroatoms. The van der Waals surface area contributed by atoms with E-state index in [1.807, 2.05) is 18.2 Å². The maximum atomic E-state index is 6.15. The van der Waals surface area contributed by atoms with Crippen LogP contribution >= 0.6 is 23.2 Å². The lowest BCUT2D eigenvalue weighted by Crippen LogP contribution is -2.29. The summed E-state index contributed by atoms with van der Waals surface area (Å²) in [5.74, 6) is 5.95. The van der Waals surface area contributed by atoms with Gasteiger partial charge in [0, 0.05) is 16.8 Å². The second-order valence-corrected chi connectivity index (χ2v) is 4.59. The van der Waals surface area contributed by atoms with E-state index < -0.39 is 0 Å². The van der Waals surface area contributed by atoms with E-state index in [2.05, 4.69) is 10.4 Å². The molecule has 1 unspecified atom stereocenters. The fourth-order valence-electron chi connectivity index (χ4n) is 1.75. The Balaban J connectivity index is 2.52. The summed E-state index contributed by atoms with van der Waals surface area (Å²) >= 11 is 12.1. The van der Waals surface area contributed by atoms with Gasteiger partial charge in [0.15, 0.2) is 0 Å². The normalized spacial score (nSPS) is 12.4. The van der Waals surface area contributed by atoms with Crippen LogP contribution < -0.4 is 17.0 Å². The van der Waals surface area contributed by atoms with E-state index in [9.17, 15) is 0 Å². The number of rotatable bonds is 3. The third-order valence-corrected chi connectivity index (χ3v) is 3.16. The lowest BCUT2D eigenvalue weighted by atomic mass is 10.00. The number of nitrogen functional groups attached to an aromatic ring is 1. The number of benzene rings is 1. The van der Waals surface area contributed by atoms with Crippen LogP contribution in [0.5, 0.6) is 0 Å². The van der Waals surface area contributed by atoms with Gasteiger partial charge < -0.3 is 5.73 Å². The fourth-order valence-corrected chi connectivity index (χ4v) is 2.16. The van der Waals surface area contributed by atoms with Gasteiger partial charge in [0.2, 0.25) is 0 Å². The van der Waals surface area contributed by atoms with Gasteiger partial charge in [-0.15, -0.1) is 0 Å². The number of aromatic nitrogens is 1. The molecule has 1 heterocycles. The third kappa shape index (κ3) is 2.57. The topological polar surface area (TPSA) is 77.0 Å². The van der Waals surface area contributed by atoms with E-state index in [0.29, 0.717) is 21.4 Å². The van der Waals surface area contributed by atoms with Crippen molar-refractivity contribution in [2.75, 3.05) is 5.73 Å². The summed E-state index contributed by atoms with van der Waals surface area (Å²) in [6.07, 6.45) is 1.49. The van der Waals surface area contributed by atoms with Crippen LogP contribution in [-0.2, 0) is 0 Å². The van der Waals surface area contributed by atoms with Crippen molar-refractivity contribution in [1.82, 2.24) is 10.4 Å². The van der Waals surface area contributed by atoms with Gasteiger partial charge in [0.05, 0.1) is 11.1 Å². The predicted molar refractivity (Wildman–Crippen MR) is 74.3 cm³/mol. The van der Waals surface area contributed by atoms with Gasteiger partial charge in [-0.25, -0.2) is 10.4 Å². The van der Waals surface area contributed by atoms with E-state index in [4.69, 9.17) is 34.8 Å².